The summed E-state index contributed by atoms with van der Waals surface area (Å²) in [7, 11) is 1.74. The number of nitrogens with zero attached hydrogens (tertiary/aromatic N) is 1. The van der Waals surface area contributed by atoms with Crippen molar-refractivity contribution in [3.63, 3.8) is 0 Å². The maximum absolute atomic E-state index is 12.1. The molecule has 1 aliphatic heterocycles. The molecule has 3 heteroatoms. The second kappa shape index (κ2) is 4.23. The van der Waals surface area contributed by atoms with E-state index in [1.807, 2.05) is 37.3 Å². The Kier molecular flexibility index (Phi) is 2.91. The summed E-state index contributed by atoms with van der Waals surface area (Å²) in [5.41, 5.74) is 0.462. The van der Waals surface area contributed by atoms with Gasteiger partial charge in [0.15, 0.2) is 5.66 Å². The third-order valence-corrected chi connectivity index (χ3v) is 3.32. The standard InChI is InChI=1S/C14H16N2O/c1-4-14(2)15-12(13(17)16(14)3)10-11-8-6-5-7-9-11/h1,5-9,12,15H,10H2,2-3H3/t12-,14+/m0/s1. The van der Waals surface area contributed by atoms with Gasteiger partial charge in [-0.3, -0.25) is 10.1 Å². The van der Waals surface area contributed by atoms with Crippen LogP contribution in [-0.4, -0.2) is 29.6 Å². The van der Waals surface area contributed by atoms with Crippen molar-refractivity contribution in [2.24, 2.45) is 0 Å². The summed E-state index contributed by atoms with van der Waals surface area (Å²) < 4.78 is 0. The van der Waals surface area contributed by atoms with Crippen LogP contribution in [0.5, 0.6) is 0 Å². The molecule has 1 N–H and O–H groups in total. The van der Waals surface area contributed by atoms with Gasteiger partial charge in [0, 0.05) is 7.05 Å². The quantitative estimate of drug-likeness (QED) is 0.766. The van der Waals surface area contributed by atoms with E-state index in [-0.39, 0.29) is 11.9 Å². The number of rotatable bonds is 2. The van der Waals surface area contributed by atoms with Crippen LogP contribution in [0.3, 0.4) is 0 Å². The molecule has 1 amide bonds. The van der Waals surface area contributed by atoms with E-state index in [0.717, 1.165) is 5.56 Å². The average molecular weight is 228 g/mol. The highest BCUT2D eigenvalue weighted by molar-refractivity contribution is 5.85. The highest BCUT2D eigenvalue weighted by atomic mass is 16.2. The van der Waals surface area contributed by atoms with Gasteiger partial charge < -0.3 is 4.90 Å². The van der Waals surface area contributed by atoms with Gasteiger partial charge in [-0.1, -0.05) is 36.3 Å². The van der Waals surface area contributed by atoms with Crippen LogP contribution >= 0.6 is 0 Å². The number of carbonyl (C=O) groups excluding carboxylic acids is 1. The summed E-state index contributed by atoms with van der Waals surface area (Å²) in [6, 6.07) is 9.70. The van der Waals surface area contributed by atoms with Crippen molar-refractivity contribution in [2.75, 3.05) is 7.05 Å². The molecule has 0 saturated carbocycles. The van der Waals surface area contributed by atoms with Crippen molar-refractivity contribution in [2.45, 2.75) is 25.0 Å². The smallest absolute Gasteiger partial charge is 0.242 e. The number of hydrogen-bond acceptors (Lipinski definition) is 2. The molecule has 0 unspecified atom stereocenters. The first kappa shape index (κ1) is 11.7. The van der Waals surface area contributed by atoms with Crippen LogP contribution in [0, 0.1) is 12.3 Å². The molecule has 2 rings (SSSR count). The van der Waals surface area contributed by atoms with E-state index in [1.165, 1.54) is 0 Å². The number of nitrogens with one attached hydrogen (secondary N) is 1. The molecule has 2 atom stereocenters. The number of amides is 1. The highest BCUT2D eigenvalue weighted by Gasteiger charge is 2.43. The summed E-state index contributed by atoms with van der Waals surface area (Å²) in [5, 5.41) is 3.21. The van der Waals surface area contributed by atoms with E-state index < -0.39 is 5.66 Å². The fraction of sp³-hybridized carbons (Fsp3) is 0.357. The van der Waals surface area contributed by atoms with Crippen molar-refractivity contribution in [1.29, 1.82) is 0 Å². The van der Waals surface area contributed by atoms with Gasteiger partial charge in [-0.15, -0.1) is 6.42 Å². The summed E-state index contributed by atoms with van der Waals surface area (Å²) in [4.78, 5) is 13.6. The van der Waals surface area contributed by atoms with E-state index >= 15 is 0 Å². The lowest BCUT2D eigenvalue weighted by atomic mass is 10.1. The number of likely N-dealkylation sites (N-methyl/N-ethyl adjacent to an activating group) is 1. The third-order valence-electron chi connectivity index (χ3n) is 3.32. The van der Waals surface area contributed by atoms with Gasteiger partial charge in [-0.25, -0.2) is 0 Å². The predicted octanol–water partition coefficient (Wildman–Crippen LogP) is 1.01. The van der Waals surface area contributed by atoms with Gasteiger partial charge in [-0.2, -0.15) is 0 Å². The van der Waals surface area contributed by atoms with E-state index in [2.05, 4.69) is 11.2 Å². The average Bonchev–Trinajstić information content (AvgIpc) is 2.56. The van der Waals surface area contributed by atoms with Crippen LogP contribution in [0.4, 0.5) is 0 Å². The maximum Gasteiger partial charge on any atom is 0.242 e. The van der Waals surface area contributed by atoms with Gasteiger partial charge >= 0.3 is 0 Å². The first-order valence-electron chi connectivity index (χ1n) is 5.64. The fourth-order valence-corrected chi connectivity index (χ4v) is 2.08. The summed E-state index contributed by atoms with van der Waals surface area (Å²) in [6.45, 7) is 1.84. The van der Waals surface area contributed by atoms with Crippen LogP contribution in [0.2, 0.25) is 0 Å². The van der Waals surface area contributed by atoms with Crippen molar-refractivity contribution >= 4 is 5.91 Å². The van der Waals surface area contributed by atoms with Gasteiger partial charge in [0.05, 0.1) is 6.04 Å². The fourth-order valence-electron chi connectivity index (χ4n) is 2.08. The molecule has 1 fully saturated rings. The Morgan fingerprint density at radius 1 is 1.47 bits per heavy atom. The molecule has 0 aliphatic carbocycles. The Morgan fingerprint density at radius 3 is 2.65 bits per heavy atom. The van der Waals surface area contributed by atoms with E-state index in [0.29, 0.717) is 6.42 Å². The molecule has 88 valence electrons. The van der Waals surface area contributed by atoms with Crippen LogP contribution < -0.4 is 5.32 Å². The van der Waals surface area contributed by atoms with Gasteiger partial charge in [0.1, 0.15) is 0 Å². The van der Waals surface area contributed by atoms with Gasteiger partial charge in [0.25, 0.3) is 0 Å². The molecule has 1 heterocycles. The monoisotopic (exact) mass is 228 g/mol. The number of benzene rings is 1. The molecule has 1 aromatic carbocycles. The lowest BCUT2D eigenvalue weighted by molar-refractivity contribution is -0.129. The normalized spacial score (nSPS) is 28.2. The molecule has 3 nitrogen and oxygen atoms in total. The molecular weight excluding hydrogens is 212 g/mol. The zero-order valence-corrected chi connectivity index (χ0v) is 10.1. The van der Waals surface area contributed by atoms with Crippen molar-refractivity contribution in [3.05, 3.63) is 35.9 Å². The largest absolute Gasteiger partial charge is 0.316 e. The number of terminal acetylenes is 1. The zero-order chi connectivity index (χ0) is 12.5. The molecule has 1 aliphatic rings. The first-order chi connectivity index (χ1) is 8.07. The minimum Gasteiger partial charge on any atom is -0.316 e. The van der Waals surface area contributed by atoms with Crippen molar-refractivity contribution in [1.82, 2.24) is 10.2 Å². The van der Waals surface area contributed by atoms with Gasteiger partial charge in [0.2, 0.25) is 5.91 Å². The second-order valence-electron chi connectivity index (χ2n) is 4.50. The first-order valence-corrected chi connectivity index (χ1v) is 5.64. The Balaban J connectivity index is 2.15. The molecule has 1 saturated heterocycles. The Morgan fingerprint density at radius 2 is 2.12 bits per heavy atom. The van der Waals surface area contributed by atoms with E-state index in [1.54, 1.807) is 11.9 Å². The van der Waals surface area contributed by atoms with Crippen LogP contribution in [0.25, 0.3) is 0 Å². The predicted molar refractivity (Wildman–Crippen MR) is 67.1 cm³/mol. The topological polar surface area (TPSA) is 32.3 Å². The summed E-state index contributed by atoms with van der Waals surface area (Å²) in [5.74, 6) is 2.68. The molecule has 1 aromatic rings. The summed E-state index contributed by atoms with van der Waals surface area (Å²) >= 11 is 0. The van der Waals surface area contributed by atoms with Crippen molar-refractivity contribution < 1.29 is 4.79 Å². The SMILES string of the molecule is C#C[C@]1(C)N[C@@H](Cc2ccccc2)C(=O)N1C. The zero-order valence-electron chi connectivity index (χ0n) is 10.1. The van der Waals surface area contributed by atoms with Crippen LogP contribution in [0.1, 0.15) is 12.5 Å². The molecule has 0 radical (unpaired) electrons. The highest BCUT2D eigenvalue weighted by Crippen LogP contribution is 2.20. The van der Waals surface area contributed by atoms with E-state index in [4.69, 9.17) is 6.42 Å². The Hall–Kier alpha value is -1.79. The van der Waals surface area contributed by atoms with Gasteiger partial charge in [-0.05, 0) is 18.9 Å². The second-order valence-corrected chi connectivity index (χ2v) is 4.50. The summed E-state index contributed by atoms with van der Waals surface area (Å²) in [6.07, 6.45) is 6.14. The maximum atomic E-state index is 12.1. The molecular formula is C14H16N2O. The van der Waals surface area contributed by atoms with Crippen molar-refractivity contribution in [3.8, 4) is 12.3 Å². The Labute approximate surface area is 102 Å². The van der Waals surface area contributed by atoms with E-state index in [9.17, 15) is 4.79 Å². The lowest BCUT2D eigenvalue weighted by Gasteiger charge is -2.25. The van der Waals surface area contributed by atoms with Crippen LogP contribution in [0.15, 0.2) is 30.3 Å². The Bertz CT molecular complexity index is 463. The number of hydrogen-bond donors (Lipinski definition) is 1. The van der Waals surface area contributed by atoms with Crippen LogP contribution in [-0.2, 0) is 11.2 Å². The minimum absolute atomic E-state index is 0.0503. The lowest BCUT2D eigenvalue weighted by Crippen LogP contribution is -2.47. The molecule has 0 spiro atoms. The third kappa shape index (κ3) is 2.04. The molecule has 0 bridgehead atoms. The molecule has 17 heavy (non-hydrogen) atoms. The number of carbonyl (C=O) groups is 1. The minimum atomic E-state index is -0.670. The molecule has 0 aromatic heterocycles.